The van der Waals surface area contributed by atoms with E-state index in [1.807, 2.05) is 72.5 Å². The summed E-state index contributed by atoms with van der Waals surface area (Å²) in [4.78, 5) is 19.7. The van der Waals surface area contributed by atoms with Gasteiger partial charge in [0.2, 0.25) is 5.91 Å². The quantitative estimate of drug-likeness (QED) is 0.295. The van der Waals surface area contributed by atoms with Crippen LogP contribution in [0.1, 0.15) is 23.7 Å². The van der Waals surface area contributed by atoms with Gasteiger partial charge in [-0.05, 0) is 61.0 Å². The molecule has 3 aromatic carbocycles. The number of fused-ring (bicyclic) bond motifs is 1. The first-order valence-electron chi connectivity index (χ1n) is 10.9. The molecule has 1 unspecified atom stereocenters. The molecule has 7 heteroatoms. The van der Waals surface area contributed by atoms with Crippen LogP contribution in [-0.4, -0.2) is 28.6 Å². The first kappa shape index (κ1) is 22.0. The smallest absolute Gasteiger partial charge is 0.227 e. The van der Waals surface area contributed by atoms with E-state index in [2.05, 4.69) is 26.6 Å². The average Bonchev–Trinajstić information content (AvgIpc) is 3.37. The number of carbonyl (C=O) groups is 1. The fourth-order valence-electron chi connectivity index (χ4n) is 4.38. The maximum absolute atomic E-state index is 12.9. The van der Waals surface area contributed by atoms with Gasteiger partial charge < -0.3 is 14.2 Å². The van der Waals surface area contributed by atoms with Crippen molar-refractivity contribution in [3.63, 3.8) is 0 Å². The lowest BCUT2D eigenvalue weighted by atomic mass is 10.1. The molecular weight excluding hydrogens is 502 g/mol. The molecule has 1 aliphatic rings. The summed E-state index contributed by atoms with van der Waals surface area (Å²) in [6.45, 7) is 3.70. The molecule has 1 amide bonds. The lowest BCUT2D eigenvalue weighted by Gasteiger charge is -2.18. The van der Waals surface area contributed by atoms with Crippen molar-refractivity contribution in [1.82, 2.24) is 9.55 Å². The maximum Gasteiger partial charge on any atom is 0.227 e. The van der Waals surface area contributed by atoms with E-state index in [1.165, 1.54) is 0 Å². The maximum atomic E-state index is 12.9. The molecule has 33 heavy (non-hydrogen) atoms. The van der Waals surface area contributed by atoms with Gasteiger partial charge in [-0.2, -0.15) is 0 Å². The van der Waals surface area contributed by atoms with E-state index in [0.29, 0.717) is 26.1 Å². The highest BCUT2D eigenvalue weighted by molar-refractivity contribution is 9.10. The van der Waals surface area contributed by atoms with Crippen molar-refractivity contribution in [2.75, 3.05) is 18.1 Å². The van der Waals surface area contributed by atoms with Crippen LogP contribution in [0, 0.1) is 6.92 Å². The molecular formula is C26H23BrClN3O2. The number of anilines is 1. The molecule has 1 aromatic heterocycles. The topological polar surface area (TPSA) is 47.4 Å². The van der Waals surface area contributed by atoms with E-state index in [1.54, 1.807) is 0 Å². The Labute approximate surface area is 206 Å². The summed E-state index contributed by atoms with van der Waals surface area (Å²) >= 11 is 9.63. The molecule has 0 saturated carbocycles. The number of nitrogens with zero attached hydrogens (tertiary/aromatic N) is 3. The third-order valence-corrected chi connectivity index (χ3v) is 6.92. The van der Waals surface area contributed by atoms with Crippen molar-refractivity contribution in [2.45, 2.75) is 25.8 Å². The Hall–Kier alpha value is -2.83. The number of aryl methyl sites for hydroxylation is 1. The number of halogens is 2. The number of benzene rings is 3. The Morgan fingerprint density at radius 1 is 1.12 bits per heavy atom. The van der Waals surface area contributed by atoms with Crippen molar-refractivity contribution < 1.29 is 9.53 Å². The van der Waals surface area contributed by atoms with Crippen LogP contribution in [0.25, 0.3) is 11.0 Å². The van der Waals surface area contributed by atoms with Crippen LogP contribution in [0.5, 0.6) is 5.75 Å². The third kappa shape index (κ3) is 4.50. The number of aromatic nitrogens is 2. The Kier molecular flexibility index (Phi) is 6.13. The fourth-order valence-corrected chi connectivity index (χ4v) is 4.88. The summed E-state index contributed by atoms with van der Waals surface area (Å²) in [5.74, 6) is 1.85. The Morgan fingerprint density at radius 2 is 1.97 bits per heavy atom. The van der Waals surface area contributed by atoms with Crippen molar-refractivity contribution in [2.24, 2.45) is 0 Å². The number of amides is 1. The average molecular weight is 525 g/mol. The van der Waals surface area contributed by atoms with Gasteiger partial charge in [0.05, 0.1) is 17.6 Å². The highest BCUT2D eigenvalue weighted by Crippen LogP contribution is 2.34. The number of rotatable bonds is 6. The van der Waals surface area contributed by atoms with Crippen molar-refractivity contribution in [3.8, 4) is 5.75 Å². The predicted octanol–water partition coefficient (Wildman–Crippen LogP) is 6.36. The second-order valence-electron chi connectivity index (χ2n) is 8.26. The molecule has 0 bridgehead atoms. The number of hydrogen-bond donors (Lipinski definition) is 0. The predicted molar refractivity (Wildman–Crippen MR) is 135 cm³/mol. The number of imidazole rings is 1. The Morgan fingerprint density at radius 3 is 2.79 bits per heavy atom. The minimum Gasteiger partial charge on any atom is -0.492 e. The van der Waals surface area contributed by atoms with Gasteiger partial charge in [0, 0.05) is 34.1 Å². The molecule has 1 atom stereocenters. The highest BCUT2D eigenvalue weighted by atomic mass is 79.9. The SMILES string of the molecule is Cc1cc(OCCn2c(C3CC(=O)N(c4cccc(Br)c4)C3)nc3ccccc32)ccc1Cl. The van der Waals surface area contributed by atoms with Crippen molar-refractivity contribution in [1.29, 1.82) is 0 Å². The van der Waals surface area contributed by atoms with Gasteiger partial charge >= 0.3 is 0 Å². The second kappa shape index (κ2) is 9.20. The summed E-state index contributed by atoms with van der Waals surface area (Å²) in [6, 6.07) is 21.6. The standard InChI is InChI=1S/C26H23BrClN3O2/c1-17-13-21(9-10-22(17)28)33-12-11-30-24-8-3-2-7-23(24)29-26(30)18-14-25(32)31(16-18)20-6-4-5-19(27)15-20/h2-10,13,15,18H,11-12,14,16H2,1H3. The van der Waals surface area contributed by atoms with Gasteiger partial charge in [0.25, 0.3) is 0 Å². The normalized spacial score (nSPS) is 16.0. The fraction of sp³-hybridized carbons (Fsp3) is 0.231. The highest BCUT2D eigenvalue weighted by Gasteiger charge is 2.34. The van der Waals surface area contributed by atoms with Crippen LogP contribution in [-0.2, 0) is 11.3 Å². The Bertz CT molecular complexity index is 1340. The summed E-state index contributed by atoms with van der Waals surface area (Å²) in [7, 11) is 0. The van der Waals surface area contributed by atoms with Gasteiger partial charge in [-0.25, -0.2) is 4.98 Å². The zero-order valence-electron chi connectivity index (χ0n) is 18.2. The van der Waals surface area contributed by atoms with E-state index in [-0.39, 0.29) is 11.8 Å². The van der Waals surface area contributed by atoms with Crippen LogP contribution in [0.4, 0.5) is 5.69 Å². The first-order chi connectivity index (χ1) is 16.0. The molecule has 2 heterocycles. The lowest BCUT2D eigenvalue weighted by molar-refractivity contribution is -0.117. The molecule has 1 saturated heterocycles. The van der Waals surface area contributed by atoms with E-state index < -0.39 is 0 Å². The molecule has 4 aromatic rings. The molecule has 1 fully saturated rings. The van der Waals surface area contributed by atoms with Crippen LogP contribution in [0.2, 0.25) is 5.02 Å². The largest absolute Gasteiger partial charge is 0.492 e. The number of carbonyl (C=O) groups excluding carboxylic acids is 1. The summed E-state index contributed by atoms with van der Waals surface area (Å²) in [5, 5.41) is 0.728. The third-order valence-electron chi connectivity index (χ3n) is 6.01. The van der Waals surface area contributed by atoms with Crippen LogP contribution in [0.3, 0.4) is 0 Å². The van der Waals surface area contributed by atoms with E-state index in [9.17, 15) is 4.79 Å². The zero-order valence-corrected chi connectivity index (χ0v) is 20.5. The molecule has 0 aliphatic carbocycles. The minimum atomic E-state index is 0.0154. The van der Waals surface area contributed by atoms with Gasteiger partial charge in [-0.3, -0.25) is 4.79 Å². The van der Waals surface area contributed by atoms with Crippen LogP contribution in [0.15, 0.2) is 71.2 Å². The number of ether oxygens (including phenoxy) is 1. The van der Waals surface area contributed by atoms with Crippen LogP contribution >= 0.6 is 27.5 Å². The van der Waals surface area contributed by atoms with Crippen molar-refractivity contribution >= 4 is 50.2 Å². The first-order valence-corrected chi connectivity index (χ1v) is 12.1. The second-order valence-corrected chi connectivity index (χ2v) is 9.58. The molecule has 5 rings (SSSR count). The Balaban J connectivity index is 1.40. The van der Waals surface area contributed by atoms with Crippen molar-refractivity contribution in [3.05, 3.63) is 87.6 Å². The molecule has 0 spiro atoms. The zero-order chi connectivity index (χ0) is 22.9. The summed E-state index contributed by atoms with van der Waals surface area (Å²) < 4.78 is 9.17. The van der Waals surface area contributed by atoms with E-state index in [4.69, 9.17) is 21.3 Å². The van der Waals surface area contributed by atoms with Gasteiger partial charge in [-0.15, -0.1) is 0 Å². The van der Waals surface area contributed by atoms with E-state index in [0.717, 1.165) is 43.4 Å². The molecule has 0 N–H and O–H groups in total. The molecule has 1 aliphatic heterocycles. The molecule has 168 valence electrons. The van der Waals surface area contributed by atoms with E-state index >= 15 is 0 Å². The number of para-hydroxylation sites is 2. The monoisotopic (exact) mass is 523 g/mol. The molecule has 5 nitrogen and oxygen atoms in total. The summed E-state index contributed by atoms with van der Waals surface area (Å²) in [5.41, 5.74) is 3.88. The van der Waals surface area contributed by atoms with Crippen LogP contribution < -0.4 is 9.64 Å². The van der Waals surface area contributed by atoms with Gasteiger partial charge in [-0.1, -0.05) is 45.7 Å². The summed E-state index contributed by atoms with van der Waals surface area (Å²) in [6.07, 6.45) is 0.438. The number of hydrogen-bond acceptors (Lipinski definition) is 3. The molecule has 0 radical (unpaired) electrons. The van der Waals surface area contributed by atoms with Gasteiger partial charge in [0.15, 0.2) is 0 Å². The lowest BCUT2D eigenvalue weighted by Crippen LogP contribution is -2.24. The van der Waals surface area contributed by atoms with Gasteiger partial charge in [0.1, 0.15) is 18.2 Å². The minimum absolute atomic E-state index is 0.0154.